The molecule has 3 aliphatic rings. The van der Waals surface area contributed by atoms with E-state index >= 15 is 4.39 Å². The average Bonchev–Trinajstić information content (AvgIpc) is 3.28. The van der Waals surface area contributed by atoms with Gasteiger partial charge in [-0.05, 0) is 30.7 Å². The van der Waals surface area contributed by atoms with Gasteiger partial charge in [0.2, 0.25) is 5.95 Å². The number of ether oxygens (including phenoxy) is 1. The molecule has 12 heteroatoms. The van der Waals surface area contributed by atoms with Gasteiger partial charge in [0, 0.05) is 30.5 Å². The minimum absolute atomic E-state index is 0.0419. The van der Waals surface area contributed by atoms with Crippen LogP contribution in [0.5, 0.6) is 0 Å². The lowest BCUT2D eigenvalue weighted by Gasteiger charge is -2.43. The van der Waals surface area contributed by atoms with Gasteiger partial charge in [0.15, 0.2) is 5.15 Å². The van der Waals surface area contributed by atoms with E-state index in [0.717, 1.165) is 11.2 Å². The summed E-state index contributed by atoms with van der Waals surface area (Å²) in [5.74, 6) is -3.03. The highest BCUT2D eigenvalue weighted by molar-refractivity contribution is 6.32. The van der Waals surface area contributed by atoms with Gasteiger partial charge >= 0.3 is 0 Å². The Morgan fingerprint density at radius 2 is 2.06 bits per heavy atom. The van der Waals surface area contributed by atoms with Crippen molar-refractivity contribution in [2.75, 3.05) is 31.6 Å². The van der Waals surface area contributed by atoms with Crippen LogP contribution in [0.2, 0.25) is 5.15 Å². The summed E-state index contributed by atoms with van der Waals surface area (Å²) < 4.78 is 48.4. The summed E-state index contributed by atoms with van der Waals surface area (Å²) in [4.78, 5) is 10.9. The van der Waals surface area contributed by atoms with Crippen molar-refractivity contribution in [3.63, 3.8) is 0 Å². The summed E-state index contributed by atoms with van der Waals surface area (Å²) in [7, 11) is 0. The minimum atomic E-state index is -2.81. The van der Waals surface area contributed by atoms with E-state index in [-0.39, 0.29) is 23.6 Å². The number of halogens is 4. The molecule has 0 bridgehead atoms. The summed E-state index contributed by atoms with van der Waals surface area (Å²) in [5.41, 5.74) is 1.88. The fourth-order valence-corrected chi connectivity index (χ4v) is 5.09. The van der Waals surface area contributed by atoms with Crippen molar-refractivity contribution in [1.29, 1.82) is 5.26 Å². The first kappa shape index (κ1) is 22.5. The molecule has 8 nitrogen and oxygen atoms in total. The zero-order valence-electron chi connectivity index (χ0n) is 18.5. The first-order valence-corrected chi connectivity index (χ1v) is 11.8. The molecule has 35 heavy (non-hydrogen) atoms. The van der Waals surface area contributed by atoms with Crippen LogP contribution in [0.1, 0.15) is 35.9 Å². The summed E-state index contributed by atoms with van der Waals surface area (Å²) in [6.45, 7) is 2.31. The molecule has 182 valence electrons. The predicted octanol–water partition coefficient (Wildman–Crippen LogP) is 4.20. The maximum Gasteiger partial charge on any atom is 0.272 e. The van der Waals surface area contributed by atoms with E-state index in [1.165, 1.54) is 6.20 Å². The number of alkyl halides is 3. The fourth-order valence-electron chi connectivity index (χ4n) is 4.84. The number of piperidine rings is 1. The van der Waals surface area contributed by atoms with Gasteiger partial charge in [0.25, 0.3) is 5.92 Å². The van der Waals surface area contributed by atoms with E-state index in [4.69, 9.17) is 16.3 Å². The second kappa shape index (κ2) is 8.33. The zero-order valence-corrected chi connectivity index (χ0v) is 19.2. The molecule has 2 aliphatic heterocycles. The smallest absolute Gasteiger partial charge is 0.272 e. The van der Waals surface area contributed by atoms with Crippen molar-refractivity contribution in [3.8, 4) is 6.07 Å². The van der Waals surface area contributed by atoms with Gasteiger partial charge < -0.3 is 10.1 Å². The molecule has 2 saturated heterocycles. The first-order valence-electron chi connectivity index (χ1n) is 11.4. The number of nitrogens with one attached hydrogen (secondary N) is 1. The van der Waals surface area contributed by atoms with Crippen LogP contribution in [0, 0.1) is 11.3 Å². The number of nitriles is 1. The Hall–Kier alpha value is -2.94. The van der Waals surface area contributed by atoms with Crippen molar-refractivity contribution in [2.45, 2.75) is 42.9 Å². The predicted molar refractivity (Wildman–Crippen MR) is 122 cm³/mol. The number of benzene rings is 1. The van der Waals surface area contributed by atoms with Gasteiger partial charge in [-0.15, -0.1) is 0 Å². The SMILES string of the molecule is N#Cc1cc2cnc(Nc3cnn(C4CC4(F)F)c3Cl)nc2cc1[C@H]1CCN(C2COC2)C[C@@H]1F. The second-order valence-corrected chi connectivity index (χ2v) is 9.66. The van der Waals surface area contributed by atoms with Crippen LogP contribution in [-0.4, -0.2) is 69.1 Å². The third-order valence-electron chi connectivity index (χ3n) is 7.05. The standard InChI is InChI=1S/C23H21ClF3N7O/c24-21-19(8-30-34(21)20-5-23(20,26)27)32-22-29-7-13-3-12(6-28)16(4-18(13)31-22)15-1-2-33(9-17(15)25)14-10-35-11-14/h3-4,7-8,14-15,17,20H,1-2,5,9-11H2,(H,29,31,32)/t15-,17+,20?/m1/s1. The molecule has 1 unspecified atom stereocenters. The van der Waals surface area contributed by atoms with Crippen LogP contribution >= 0.6 is 11.6 Å². The van der Waals surface area contributed by atoms with E-state index < -0.39 is 24.1 Å². The Morgan fingerprint density at radius 1 is 1.26 bits per heavy atom. The molecule has 1 saturated carbocycles. The number of anilines is 2. The van der Waals surface area contributed by atoms with E-state index in [1.54, 1.807) is 18.3 Å². The van der Waals surface area contributed by atoms with E-state index in [2.05, 4.69) is 31.4 Å². The topological polar surface area (TPSA) is 91.9 Å². The van der Waals surface area contributed by atoms with Crippen LogP contribution in [0.4, 0.5) is 24.8 Å². The van der Waals surface area contributed by atoms with Crippen molar-refractivity contribution >= 4 is 34.1 Å². The average molecular weight is 504 g/mol. The molecule has 0 amide bonds. The number of hydrogen-bond acceptors (Lipinski definition) is 7. The van der Waals surface area contributed by atoms with Gasteiger partial charge in [0.1, 0.15) is 12.2 Å². The molecule has 1 aliphatic carbocycles. The van der Waals surface area contributed by atoms with E-state index in [1.807, 2.05) is 0 Å². The monoisotopic (exact) mass is 503 g/mol. The van der Waals surface area contributed by atoms with Crippen LogP contribution in [0.15, 0.2) is 24.5 Å². The lowest BCUT2D eigenvalue weighted by Crippen LogP contribution is -2.54. The fraction of sp³-hybridized carbons (Fsp3) is 0.478. The maximum atomic E-state index is 15.2. The highest BCUT2D eigenvalue weighted by atomic mass is 35.5. The van der Waals surface area contributed by atoms with Crippen molar-refractivity contribution in [1.82, 2.24) is 24.6 Å². The normalized spacial score (nSPS) is 26.3. The zero-order chi connectivity index (χ0) is 24.3. The number of nitrogens with zero attached hydrogens (tertiary/aromatic N) is 6. The van der Waals surface area contributed by atoms with Crippen molar-refractivity contribution in [3.05, 3.63) is 40.8 Å². The molecule has 3 atom stereocenters. The summed E-state index contributed by atoms with van der Waals surface area (Å²) in [6, 6.07) is 4.83. The molecule has 6 rings (SSSR count). The lowest BCUT2D eigenvalue weighted by molar-refractivity contribution is -0.0807. The van der Waals surface area contributed by atoms with Gasteiger partial charge in [-0.25, -0.2) is 27.8 Å². The Labute approximate surface area is 203 Å². The summed E-state index contributed by atoms with van der Waals surface area (Å²) in [5, 5.41) is 17.3. The van der Waals surface area contributed by atoms with E-state index in [9.17, 15) is 14.0 Å². The number of aromatic nitrogens is 4. The molecule has 1 aromatic carbocycles. The Bertz CT molecular complexity index is 1340. The van der Waals surface area contributed by atoms with Gasteiger partial charge in [-0.1, -0.05) is 11.6 Å². The Kier molecular flexibility index (Phi) is 5.36. The van der Waals surface area contributed by atoms with Gasteiger partial charge in [-0.3, -0.25) is 4.90 Å². The van der Waals surface area contributed by atoms with Crippen LogP contribution < -0.4 is 5.32 Å². The maximum absolute atomic E-state index is 15.2. The molecule has 0 radical (unpaired) electrons. The quantitative estimate of drug-likeness (QED) is 0.558. The lowest BCUT2D eigenvalue weighted by atomic mass is 9.84. The third-order valence-corrected chi connectivity index (χ3v) is 7.43. The van der Waals surface area contributed by atoms with Crippen LogP contribution in [-0.2, 0) is 4.74 Å². The molecular formula is C23H21ClF3N7O. The first-order chi connectivity index (χ1) is 16.8. The molecular weight excluding hydrogens is 483 g/mol. The molecule has 1 N–H and O–H groups in total. The number of likely N-dealkylation sites (tertiary alicyclic amines) is 1. The molecule has 4 heterocycles. The number of fused-ring (bicyclic) bond motifs is 1. The van der Waals surface area contributed by atoms with Crippen molar-refractivity contribution in [2.24, 2.45) is 0 Å². The third kappa shape index (κ3) is 3.99. The Balaban J connectivity index is 1.26. The van der Waals surface area contributed by atoms with E-state index in [0.29, 0.717) is 53.9 Å². The largest absolute Gasteiger partial charge is 0.378 e. The molecule has 3 aromatic rings. The second-order valence-electron chi connectivity index (χ2n) is 9.30. The molecule has 0 spiro atoms. The number of hydrogen-bond donors (Lipinski definition) is 1. The summed E-state index contributed by atoms with van der Waals surface area (Å²) >= 11 is 6.25. The van der Waals surface area contributed by atoms with Crippen LogP contribution in [0.25, 0.3) is 10.9 Å². The van der Waals surface area contributed by atoms with Gasteiger partial charge in [-0.2, -0.15) is 10.4 Å². The molecule has 2 aromatic heterocycles. The molecule has 3 fully saturated rings. The summed E-state index contributed by atoms with van der Waals surface area (Å²) in [6.07, 6.45) is 2.08. The van der Waals surface area contributed by atoms with Crippen LogP contribution in [0.3, 0.4) is 0 Å². The number of rotatable bonds is 5. The van der Waals surface area contributed by atoms with Crippen molar-refractivity contribution < 1.29 is 17.9 Å². The Morgan fingerprint density at radius 3 is 2.71 bits per heavy atom. The minimum Gasteiger partial charge on any atom is -0.378 e. The highest BCUT2D eigenvalue weighted by Crippen LogP contribution is 2.53. The highest BCUT2D eigenvalue weighted by Gasteiger charge is 2.59. The van der Waals surface area contributed by atoms with Gasteiger partial charge in [0.05, 0.1) is 48.3 Å².